The molecule has 2 bridgehead atoms. The van der Waals surface area contributed by atoms with E-state index in [0.29, 0.717) is 16.6 Å². The van der Waals surface area contributed by atoms with E-state index in [1.54, 1.807) is 14.0 Å². The Labute approximate surface area is 175 Å². The average molecular weight is 413 g/mol. The lowest BCUT2D eigenvalue weighted by molar-refractivity contribution is -0.159. The summed E-state index contributed by atoms with van der Waals surface area (Å²) in [6, 6.07) is 13.2. The molecule has 0 unspecified atom stereocenters. The number of benzene rings is 2. The van der Waals surface area contributed by atoms with Crippen molar-refractivity contribution in [2.24, 2.45) is 5.92 Å². The fourth-order valence-corrected chi connectivity index (χ4v) is 4.65. The van der Waals surface area contributed by atoms with Crippen LogP contribution < -0.4 is 19.7 Å². The first-order valence-corrected chi connectivity index (χ1v) is 10.0. The lowest BCUT2D eigenvalue weighted by Gasteiger charge is -2.55. The lowest BCUT2D eigenvalue weighted by Crippen LogP contribution is -2.71. The molecule has 152 valence electrons. The van der Waals surface area contributed by atoms with Gasteiger partial charge in [0.1, 0.15) is 17.4 Å². The fourth-order valence-electron chi connectivity index (χ4n) is 4.24. The summed E-state index contributed by atoms with van der Waals surface area (Å²) in [5.41, 5.74) is 1.72. The van der Waals surface area contributed by atoms with E-state index in [0.717, 1.165) is 16.8 Å². The van der Waals surface area contributed by atoms with Gasteiger partial charge in [0.2, 0.25) is 5.72 Å². The quantitative estimate of drug-likeness (QED) is 0.607. The average Bonchev–Trinajstić information content (AvgIpc) is 2.67. The van der Waals surface area contributed by atoms with Gasteiger partial charge >= 0.3 is 5.97 Å². The number of aryl methyl sites for hydroxylation is 1. The van der Waals surface area contributed by atoms with Crippen LogP contribution in [0.2, 0.25) is 0 Å². The van der Waals surface area contributed by atoms with Gasteiger partial charge in [-0.25, -0.2) is 0 Å². The second kappa shape index (κ2) is 7.22. The molecule has 4 rings (SSSR count). The molecule has 7 heteroatoms. The molecule has 6 nitrogen and oxygen atoms in total. The molecule has 2 aliphatic heterocycles. The van der Waals surface area contributed by atoms with E-state index >= 15 is 0 Å². The number of nitrogens with zero attached hydrogens (tertiary/aromatic N) is 1. The number of anilines is 1. The van der Waals surface area contributed by atoms with Crippen molar-refractivity contribution >= 4 is 29.0 Å². The molecule has 2 heterocycles. The third kappa shape index (κ3) is 3.09. The second-order valence-electron chi connectivity index (χ2n) is 7.39. The Hall–Kier alpha value is -2.80. The third-order valence-corrected chi connectivity index (χ3v) is 5.81. The topological polar surface area (TPSA) is 60.0 Å². The summed E-state index contributed by atoms with van der Waals surface area (Å²) in [6.07, 6.45) is 0. The van der Waals surface area contributed by atoms with E-state index in [4.69, 9.17) is 26.4 Å². The number of carbonyl (C=O) groups excluding carboxylic acids is 1. The summed E-state index contributed by atoms with van der Waals surface area (Å²) in [7, 11) is 1.61. The minimum Gasteiger partial charge on any atom is -0.497 e. The molecule has 1 fully saturated rings. The molecule has 0 aliphatic carbocycles. The number of ether oxygens (including phenoxy) is 3. The summed E-state index contributed by atoms with van der Waals surface area (Å²) in [5, 5.41) is 3.86. The number of methoxy groups -OCH3 is 1. The number of rotatable bonds is 4. The largest absolute Gasteiger partial charge is 0.497 e. The second-order valence-corrected chi connectivity index (χ2v) is 7.78. The number of carbonyl (C=O) groups is 1. The third-order valence-electron chi connectivity index (χ3n) is 5.51. The highest BCUT2D eigenvalue weighted by Gasteiger charge is 2.59. The van der Waals surface area contributed by atoms with Crippen molar-refractivity contribution in [3.63, 3.8) is 0 Å². The normalized spacial score (nSPS) is 24.8. The number of hydrogen-bond acceptors (Lipinski definition) is 5. The van der Waals surface area contributed by atoms with Crippen molar-refractivity contribution in [3.8, 4) is 11.5 Å². The molecule has 0 amide bonds. The van der Waals surface area contributed by atoms with Crippen LogP contribution in [0.3, 0.4) is 0 Å². The van der Waals surface area contributed by atoms with E-state index in [1.807, 2.05) is 61.2 Å². The van der Waals surface area contributed by atoms with Crippen molar-refractivity contribution in [2.75, 3.05) is 18.6 Å². The molecule has 1 N–H and O–H groups in total. The van der Waals surface area contributed by atoms with Crippen LogP contribution in [0.25, 0.3) is 0 Å². The maximum Gasteiger partial charge on any atom is 0.317 e. The van der Waals surface area contributed by atoms with Gasteiger partial charge < -0.3 is 19.5 Å². The highest BCUT2D eigenvalue weighted by atomic mass is 32.1. The zero-order valence-corrected chi connectivity index (χ0v) is 17.7. The van der Waals surface area contributed by atoms with Gasteiger partial charge in [-0.2, -0.15) is 0 Å². The van der Waals surface area contributed by atoms with Gasteiger partial charge in [-0.3, -0.25) is 9.69 Å². The molecule has 0 radical (unpaired) electrons. The highest BCUT2D eigenvalue weighted by molar-refractivity contribution is 7.80. The summed E-state index contributed by atoms with van der Waals surface area (Å²) < 4.78 is 17.3. The Morgan fingerprint density at radius 1 is 1.31 bits per heavy atom. The molecule has 0 aromatic heterocycles. The fraction of sp³-hybridized carbons (Fsp3) is 0.364. The van der Waals surface area contributed by atoms with Crippen molar-refractivity contribution in [2.45, 2.75) is 32.5 Å². The van der Waals surface area contributed by atoms with Crippen LogP contribution in [-0.2, 0) is 9.53 Å². The Kier molecular flexibility index (Phi) is 4.86. The summed E-state index contributed by atoms with van der Waals surface area (Å²) in [4.78, 5) is 15.0. The van der Waals surface area contributed by atoms with Crippen LogP contribution in [0.4, 0.5) is 5.69 Å². The minimum absolute atomic E-state index is 0.290. The molecule has 2 aliphatic rings. The summed E-state index contributed by atoms with van der Waals surface area (Å²) in [6.45, 7) is 6.00. The van der Waals surface area contributed by atoms with Gasteiger partial charge in [-0.15, -0.1) is 0 Å². The first kappa shape index (κ1) is 19.5. The lowest BCUT2D eigenvalue weighted by atomic mass is 9.79. The van der Waals surface area contributed by atoms with Gasteiger partial charge in [0.15, 0.2) is 5.11 Å². The Morgan fingerprint density at radius 3 is 2.79 bits per heavy atom. The SMILES string of the molecule is CCOC(=O)[C@H]1[C@@H]2NC(=S)N(c3cccc(C)c3)[C@@]1(C)Oc1ccc(OC)cc12. The van der Waals surface area contributed by atoms with Crippen molar-refractivity contribution < 1.29 is 19.0 Å². The van der Waals surface area contributed by atoms with E-state index in [1.165, 1.54) is 0 Å². The van der Waals surface area contributed by atoms with Gasteiger partial charge in [-0.1, -0.05) is 12.1 Å². The Bertz CT molecular complexity index is 979. The molecule has 0 spiro atoms. The first-order valence-electron chi connectivity index (χ1n) is 9.60. The van der Waals surface area contributed by atoms with Crippen molar-refractivity contribution in [1.82, 2.24) is 5.32 Å². The van der Waals surface area contributed by atoms with Crippen LogP contribution >= 0.6 is 12.2 Å². The van der Waals surface area contributed by atoms with Gasteiger partial charge in [0.05, 0.1) is 19.8 Å². The molecular formula is C22H24N2O4S. The standard InChI is InChI=1S/C22H24N2O4S/c1-5-27-20(25)18-19-16-12-15(26-4)9-10-17(16)28-22(18,3)24(21(29)23-19)14-8-6-7-13(2)11-14/h6-12,18-19H,5H2,1-4H3,(H,23,29)/t18-,19-,22+/m1/s1. The van der Waals surface area contributed by atoms with E-state index in [9.17, 15) is 4.79 Å². The number of thiocarbonyl (C=S) groups is 1. The zero-order valence-electron chi connectivity index (χ0n) is 16.9. The first-order chi connectivity index (χ1) is 13.9. The smallest absolute Gasteiger partial charge is 0.317 e. The predicted molar refractivity (Wildman–Crippen MR) is 114 cm³/mol. The molecule has 29 heavy (non-hydrogen) atoms. The number of hydrogen-bond donors (Lipinski definition) is 1. The van der Waals surface area contributed by atoms with Crippen LogP contribution in [0.15, 0.2) is 42.5 Å². The number of esters is 1. The van der Waals surface area contributed by atoms with Crippen molar-refractivity contribution in [1.29, 1.82) is 0 Å². The van der Waals surface area contributed by atoms with Crippen LogP contribution in [0, 0.1) is 12.8 Å². The molecule has 0 saturated carbocycles. The molecule has 2 aromatic carbocycles. The summed E-state index contributed by atoms with van der Waals surface area (Å²) in [5.74, 6) is 0.411. The maximum atomic E-state index is 13.1. The molecular weight excluding hydrogens is 388 g/mol. The van der Waals surface area contributed by atoms with Crippen LogP contribution in [0.1, 0.15) is 31.0 Å². The minimum atomic E-state index is -1.05. The zero-order chi connectivity index (χ0) is 20.8. The van der Waals surface area contributed by atoms with Gasteiger partial charge in [0.25, 0.3) is 0 Å². The predicted octanol–water partition coefficient (Wildman–Crippen LogP) is 3.73. The van der Waals surface area contributed by atoms with Crippen LogP contribution in [0.5, 0.6) is 11.5 Å². The van der Waals surface area contributed by atoms with Gasteiger partial charge in [0, 0.05) is 11.3 Å². The highest BCUT2D eigenvalue weighted by Crippen LogP contribution is 2.50. The number of nitrogens with one attached hydrogen (secondary N) is 1. The molecule has 3 atom stereocenters. The Morgan fingerprint density at radius 2 is 2.10 bits per heavy atom. The molecule has 2 aromatic rings. The summed E-state index contributed by atoms with van der Waals surface area (Å²) >= 11 is 5.72. The van der Waals surface area contributed by atoms with E-state index in [2.05, 4.69) is 5.32 Å². The monoisotopic (exact) mass is 412 g/mol. The van der Waals surface area contributed by atoms with Gasteiger partial charge in [-0.05, 0) is 68.9 Å². The van der Waals surface area contributed by atoms with Crippen LogP contribution in [-0.4, -0.2) is 30.5 Å². The van der Waals surface area contributed by atoms with E-state index in [-0.39, 0.29) is 18.6 Å². The Balaban J connectivity index is 1.89. The molecule has 1 saturated heterocycles. The maximum absolute atomic E-state index is 13.1. The van der Waals surface area contributed by atoms with E-state index < -0.39 is 11.6 Å². The number of fused-ring (bicyclic) bond motifs is 4. The van der Waals surface area contributed by atoms with Crippen molar-refractivity contribution in [3.05, 3.63) is 53.6 Å².